The Morgan fingerprint density at radius 1 is 0.914 bits per heavy atom. The lowest BCUT2D eigenvalue weighted by Crippen LogP contribution is -2.33. The normalized spacial score (nSPS) is 20.1. The number of halogens is 1. The number of carboxylic acid groups (broad SMARTS) is 3. The van der Waals surface area contributed by atoms with Crippen LogP contribution in [0.15, 0.2) is 32.8 Å². The Kier molecular flexibility index (Phi) is 26.0. The molecule has 0 spiro atoms. The molecule has 2 aromatic heterocycles. The molecule has 4 rings (SSSR count). The Morgan fingerprint density at radius 3 is 1.98 bits per heavy atom. The first kappa shape index (κ1) is 51.9. The van der Waals surface area contributed by atoms with E-state index in [1.165, 1.54) is 80.3 Å². The Hall–Kier alpha value is -4.15. The first-order valence-electron chi connectivity index (χ1n) is 19.4. The van der Waals surface area contributed by atoms with Gasteiger partial charge in [0, 0.05) is 43.0 Å². The average Bonchev–Trinajstić information content (AvgIpc) is 3.81. The number of ether oxygens (including phenoxy) is 2. The molecule has 10 N–H and O–H groups in total. The summed E-state index contributed by atoms with van der Waals surface area (Å²) in [7, 11) is 0. The number of carboxylic acids is 3. The van der Waals surface area contributed by atoms with Crippen LogP contribution < -0.4 is 28.4 Å². The van der Waals surface area contributed by atoms with Gasteiger partial charge < -0.3 is 46.5 Å². The van der Waals surface area contributed by atoms with Crippen LogP contribution in [0.1, 0.15) is 121 Å². The zero-order chi connectivity index (χ0) is 43.6. The number of aromatic amines is 1. The molecular weight excluding hydrogens is 788 g/mol. The molecule has 2 saturated heterocycles. The average molecular weight is 849 g/mol. The Bertz CT molecular complexity index is 1690. The highest BCUT2D eigenvalue weighted by atomic mass is 32.2. The van der Waals surface area contributed by atoms with Gasteiger partial charge in [-0.05, 0) is 25.8 Å². The summed E-state index contributed by atoms with van der Waals surface area (Å²) in [6.07, 6.45) is 13.6. The van der Waals surface area contributed by atoms with Gasteiger partial charge in [-0.25, -0.2) is 14.0 Å². The van der Waals surface area contributed by atoms with E-state index in [0.717, 1.165) is 17.4 Å². The number of aliphatic hydroxyl groups is 2. The van der Waals surface area contributed by atoms with E-state index < -0.39 is 66.0 Å². The molecule has 1 unspecified atom stereocenters. The number of aryl methyl sites for hydroxylation is 1. The van der Waals surface area contributed by atoms with E-state index in [1.54, 1.807) is 19.2 Å². The fourth-order valence-corrected chi connectivity index (χ4v) is 6.43. The van der Waals surface area contributed by atoms with Crippen molar-refractivity contribution in [2.24, 2.45) is 5.73 Å². The molecule has 330 valence electrons. The number of alkyl halides is 1. The van der Waals surface area contributed by atoms with Crippen molar-refractivity contribution >= 4 is 35.5 Å². The van der Waals surface area contributed by atoms with Crippen molar-refractivity contribution in [1.29, 1.82) is 0 Å². The van der Waals surface area contributed by atoms with E-state index in [1.807, 2.05) is 0 Å². The second-order valence-electron chi connectivity index (χ2n) is 13.7. The van der Waals surface area contributed by atoms with Gasteiger partial charge in [-0.2, -0.15) is 4.98 Å². The number of nitrogens with two attached hydrogens (primary N) is 2. The van der Waals surface area contributed by atoms with Gasteiger partial charge in [0.1, 0.15) is 42.0 Å². The highest BCUT2D eigenvalue weighted by Crippen LogP contribution is 2.31. The van der Waals surface area contributed by atoms with Crippen LogP contribution in [0.3, 0.4) is 0 Å². The number of nitrogens with zero attached hydrogens (tertiary/aromatic N) is 3. The molecule has 0 saturated carbocycles. The molecule has 2 aliphatic heterocycles. The molecule has 0 aromatic carbocycles. The fraction of sp³-hybridized carbons (Fsp3) is 0.703. The van der Waals surface area contributed by atoms with Crippen LogP contribution in [0.25, 0.3) is 0 Å². The van der Waals surface area contributed by atoms with E-state index >= 15 is 0 Å². The van der Waals surface area contributed by atoms with Crippen molar-refractivity contribution in [3.05, 3.63) is 55.3 Å². The number of nitrogens with one attached hydrogen (secondary N) is 1. The number of H-pyrrole nitrogens is 1. The number of anilines is 1. The maximum absolute atomic E-state index is 13.4. The summed E-state index contributed by atoms with van der Waals surface area (Å²) in [5, 5.41) is 42.5. The second kappa shape index (κ2) is 29.1. The number of thioether (sulfide) groups is 1. The topological polar surface area (TPSA) is 313 Å². The molecule has 0 amide bonds. The number of unbranched alkanes of at least 4 members (excludes halogenated alkanes) is 10. The molecule has 0 radical (unpaired) electrons. The van der Waals surface area contributed by atoms with Gasteiger partial charge in [0.2, 0.25) is 0 Å². The van der Waals surface area contributed by atoms with Crippen LogP contribution >= 0.6 is 11.8 Å². The van der Waals surface area contributed by atoms with Crippen molar-refractivity contribution < 1.29 is 53.8 Å². The summed E-state index contributed by atoms with van der Waals surface area (Å²) in [4.78, 5) is 70.0. The quantitative estimate of drug-likeness (QED) is 0.0888. The summed E-state index contributed by atoms with van der Waals surface area (Å²) in [5.74, 6) is -2.04. The van der Waals surface area contributed by atoms with Crippen molar-refractivity contribution in [2.75, 3.05) is 24.7 Å². The standard InChI is InChI=1S/C14H28O2.C10H13FN2O4.C8H11N3O3S.C5H9NO4/c1-2-3-4-5-6-7-8-9-10-11-12-13-14(15)16;1-5-3-13(10(16)12-9(5)15)8-2-6(11)7(4-14)17-8;9-5-1-2-11(8(13)10-5)6-4-15-7(3-12)14-6;6-3(5(9)10)1-2-4(7)8/h2-13H2,1H3,(H,15,16);3,6-8,14H,2,4H2,1H3,(H,12,15,16);1-2,6-7,12H,3-4H2,(H2,9,10,13);3H,1-2,6H2,(H,7,8)(H,9,10)/t;6-,7+,8+;6-,7+;/m.00./s1. The number of aliphatic carboxylic acids is 3. The molecule has 21 heteroatoms. The summed E-state index contributed by atoms with van der Waals surface area (Å²) in [5.41, 5.74) is 8.90. The minimum absolute atomic E-state index is 0.0172. The summed E-state index contributed by atoms with van der Waals surface area (Å²) in [6.45, 7) is 3.30. The van der Waals surface area contributed by atoms with Gasteiger partial charge in [0.05, 0.1) is 13.2 Å². The smallest absolute Gasteiger partial charge is 0.351 e. The third-order valence-corrected chi connectivity index (χ3v) is 9.93. The molecule has 19 nitrogen and oxygen atoms in total. The van der Waals surface area contributed by atoms with Crippen LogP contribution in [-0.2, 0) is 23.9 Å². The maximum atomic E-state index is 13.4. The molecule has 4 heterocycles. The van der Waals surface area contributed by atoms with E-state index in [0.29, 0.717) is 17.7 Å². The predicted octanol–water partition coefficient (Wildman–Crippen LogP) is 2.90. The third kappa shape index (κ3) is 21.0. The van der Waals surface area contributed by atoms with Crippen LogP contribution in [-0.4, -0.2) is 105 Å². The lowest BCUT2D eigenvalue weighted by molar-refractivity contribution is -0.140. The van der Waals surface area contributed by atoms with Gasteiger partial charge in [0.15, 0.2) is 0 Å². The highest BCUT2D eigenvalue weighted by Gasteiger charge is 2.36. The Morgan fingerprint density at radius 2 is 1.50 bits per heavy atom. The molecular formula is C37H61FN6O13S. The lowest BCUT2D eigenvalue weighted by Gasteiger charge is -2.14. The highest BCUT2D eigenvalue weighted by molar-refractivity contribution is 8.00. The van der Waals surface area contributed by atoms with Crippen molar-refractivity contribution in [3.63, 3.8) is 0 Å². The maximum Gasteiger partial charge on any atom is 0.351 e. The van der Waals surface area contributed by atoms with E-state index in [4.69, 9.17) is 46.5 Å². The van der Waals surface area contributed by atoms with E-state index in [9.17, 15) is 33.2 Å². The third-order valence-electron chi connectivity index (χ3n) is 8.82. The largest absolute Gasteiger partial charge is 0.481 e. The molecule has 6 atom stereocenters. The molecule has 0 aliphatic carbocycles. The van der Waals surface area contributed by atoms with E-state index in [2.05, 4.69) is 16.9 Å². The first-order valence-corrected chi connectivity index (χ1v) is 20.5. The minimum Gasteiger partial charge on any atom is -0.481 e. The number of nitrogen functional groups attached to an aromatic ring is 1. The molecule has 2 aromatic rings. The fourth-order valence-electron chi connectivity index (χ4n) is 5.50. The van der Waals surface area contributed by atoms with Crippen LogP contribution in [0.2, 0.25) is 0 Å². The minimum atomic E-state index is -1.32. The second-order valence-corrected chi connectivity index (χ2v) is 14.9. The number of hydrogen-bond donors (Lipinski definition) is 8. The van der Waals surface area contributed by atoms with Gasteiger partial charge in [-0.1, -0.05) is 71.1 Å². The molecule has 2 fully saturated rings. The number of rotatable bonds is 20. The molecule has 0 bridgehead atoms. The van der Waals surface area contributed by atoms with Crippen LogP contribution in [0.4, 0.5) is 10.2 Å². The van der Waals surface area contributed by atoms with E-state index in [-0.39, 0.29) is 43.4 Å². The number of hydrogen-bond acceptors (Lipinski definition) is 14. The zero-order valence-corrected chi connectivity index (χ0v) is 34.0. The predicted molar refractivity (Wildman–Crippen MR) is 214 cm³/mol. The van der Waals surface area contributed by atoms with Gasteiger partial charge in [0.25, 0.3) is 5.56 Å². The van der Waals surface area contributed by atoms with Gasteiger partial charge in [-0.15, -0.1) is 11.8 Å². The van der Waals surface area contributed by atoms with Gasteiger partial charge in [-0.3, -0.25) is 33.3 Å². The van der Waals surface area contributed by atoms with Crippen LogP contribution in [0, 0.1) is 6.92 Å². The number of carbonyl (C=O) groups is 3. The van der Waals surface area contributed by atoms with Crippen molar-refractivity contribution in [3.8, 4) is 0 Å². The monoisotopic (exact) mass is 848 g/mol. The summed E-state index contributed by atoms with van der Waals surface area (Å²) >= 11 is 1.47. The number of aromatic nitrogens is 4. The van der Waals surface area contributed by atoms with Crippen LogP contribution in [0.5, 0.6) is 0 Å². The van der Waals surface area contributed by atoms with Crippen molar-refractivity contribution in [2.45, 2.75) is 146 Å². The SMILES string of the molecule is CCCCCCCCCCCCCC(=O)O.Cc1cn([C@H]2C[C@H](F)[C@@H](CO)O2)c(=O)[nH]c1=O.NC(CCC(=O)O)C(=O)O.Nc1ccn([C@@H]2CS[C@H](CO)O2)c(=O)n1. The summed E-state index contributed by atoms with van der Waals surface area (Å²) < 4.78 is 26.5. The molecule has 2 aliphatic rings. The van der Waals surface area contributed by atoms with Gasteiger partial charge >= 0.3 is 29.3 Å². The Balaban J connectivity index is 0.000000393. The van der Waals surface area contributed by atoms with Crippen molar-refractivity contribution in [1.82, 2.24) is 19.1 Å². The first-order chi connectivity index (χ1) is 27.5. The number of aliphatic hydroxyl groups excluding tert-OH is 2. The summed E-state index contributed by atoms with van der Waals surface area (Å²) in [6, 6.07) is 0.484. The lowest BCUT2D eigenvalue weighted by atomic mass is 10.1. The Labute approximate surface area is 340 Å². The molecule has 58 heavy (non-hydrogen) atoms. The zero-order valence-electron chi connectivity index (χ0n) is 33.2.